The molecule has 0 unspecified atom stereocenters. The van der Waals surface area contributed by atoms with Crippen molar-refractivity contribution in [3.05, 3.63) is 57.6 Å². The van der Waals surface area contributed by atoms with Crippen LogP contribution in [0, 0.1) is 41.5 Å². The summed E-state index contributed by atoms with van der Waals surface area (Å²) in [4.78, 5) is 0. The first-order chi connectivity index (χ1) is 10.2. The van der Waals surface area contributed by atoms with E-state index >= 15 is 0 Å². The van der Waals surface area contributed by atoms with Crippen molar-refractivity contribution < 1.29 is 20.8 Å². The molecule has 123 valence electrons. The van der Waals surface area contributed by atoms with E-state index in [1.54, 1.807) is 0 Å². The van der Waals surface area contributed by atoms with Crippen molar-refractivity contribution in [2.45, 2.75) is 53.1 Å². The molecule has 0 aliphatic rings. The van der Waals surface area contributed by atoms with Crippen molar-refractivity contribution in [1.82, 2.24) is 0 Å². The third-order valence-electron chi connectivity index (χ3n) is 3.02. The Morgan fingerprint density at radius 1 is 0.773 bits per heavy atom. The van der Waals surface area contributed by atoms with Gasteiger partial charge in [-0.25, -0.2) is 12.1 Å². The fourth-order valence-electron chi connectivity index (χ4n) is 1.90. The molecule has 1 radical (unpaired) electrons. The summed E-state index contributed by atoms with van der Waals surface area (Å²) in [7, 11) is 9.87. The molecule has 0 saturated heterocycles. The van der Waals surface area contributed by atoms with E-state index in [4.69, 9.17) is 17.0 Å². The van der Waals surface area contributed by atoms with Crippen LogP contribution in [0.5, 0.6) is 0 Å². The first-order valence-corrected chi connectivity index (χ1v) is 18.5. The molecule has 22 heavy (non-hydrogen) atoms. The molecule has 0 fully saturated rings. The van der Waals surface area contributed by atoms with Gasteiger partial charge in [-0.1, -0.05) is 41.5 Å². The Labute approximate surface area is 162 Å². The fourth-order valence-corrected chi connectivity index (χ4v) is 1.90. The van der Waals surface area contributed by atoms with Crippen LogP contribution in [0.1, 0.15) is 33.4 Å². The predicted molar refractivity (Wildman–Crippen MR) is 103 cm³/mol. The van der Waals surface area contributed by atoms with Crippen LogP contribution in [-0.2, 0) is 20.8 Å². The van der Waals surface area contributed by atoms with Crippen molar-refractivity contribution in [3.8, 4) is 0 Å². The summed E-state index contributed by atoms with van der Waals surface area (Å²) in [5.41, 5.74) is 8.37. The van der Waals surface area contributed by atoms with Gasteiger partial charge in [0.2, 0.25) is 0 Å². The minimum atomic E-state index is -0.826. The van der Waals surface area contributed by atoms with Crippen LogP contribution < -0.4 is 0 Å². The molecule has 0 spiro atoms. The van der Waals surface area contributed by atoms with E-state index in [-0.39, 0.29) is 0 Å². The molecule has 0 aromatic heterocycles. The van der Waals surface area contributed by atoms with Gasteiger partial charge in [-0.15, -0.1) is 0 Å². The molecule has 0 amide bonds. The van der Waals surface area contributed by atoms with Gasteiger partial charge in [-0.05, 0) is 0 Å². The van der Waals surface area contributed by atoms with Gasteiger partial charge in [-0.2, -0.15) is 45.5 Å². The first-order valence-electron chi connectivity index (χ1n) is 7.34. The molecule has 0 atom stereocenters. The Morgan fingerprint density at radius 3 is 1.05 bits per heavy atom. The van der Waals surface area contributed by atoms with Gasteiger partial charge in [0, 0.05) is 0 Å². The van der Waals surface area contributed by atoms with Crippen molar-refractivity contribution in [3.63, 3.8) is 0 Å². The van der Waals surface area contributed by atoms with Gasteiger partial charge in [-0.3, -0.25) is 0 Å². The maximum absolute atomic E-state index is 4.93. The van der Waals surface area contributed by atoms with E-state index in [0.29, 0.717) is 15.4 Å². The SMILES string of the molecule is Cc1cc(C)c(C)[cH-]1.Cc1cc(C)c(C)[cH-]1.[CH3][GeH][CH3].[Cl][Zr+2][Cl]. The van der Waals surface area contributed by atoms with E-state index in [2.05, 4.69) is 77.3 Å². The van der Waals surface area contributed by atoms with Crippen LogP contribution in [0.4, 0.5) is 0 Å². The van der Waals surface area contributed by atoms with E-state index < -0.39 is 20.8 Å². The summed E-state index contributed by atoms with van der Waals surface area (Å²) in [5.74, 6) is 4.56. The molecule has 0 heterocycles. The number of hydrogen-bond donors (Lipinski definition) is 0. The van der Waals surface area contributed by atoms with E-state index in [9.17, 15) is 0 Å². The monoisotopic (exact) mass is 479 g/mol. The third kappa shape index (κ3) is 13.2. The second kappa shape index (κ2) is 15.2. The number of halogens is 2. The molecule has 2 aromatic carbocycles. The molecular formula is C18H29Cl2GeZr. The number of aryl methyl sites for hydroxylation is 6. The summed E-state index contributed by atoms with van der Waals surface area (Å²) in [6.45, 7) is 12.8. The quantitative estimate of drug-likeness (QED) is 0.296. The van der Waals surface area contributed by atoms with Gasteiger partial charge < -0.3 is 0 Å². The zero-order valence-corrected chi connectivity index (χ0v) is 21.5. The topological polar surface area (TPSA) is 0 Å². The molecule has 0 N–H and O–H groups in total. The summed E-state index contributed by atoms with van der Waals surface area (Å²) >= 11 is -0.513. The van der Waals surface area contributed by atoms with Crippen molar-refractivity contribution >= 4 is 32.5 Å². The predicted octanol–water partition coefficient (Wildman–Crippen LogP) is 6.56. The van der Waals surface area contributed by atoms with E-state index in [1.807, 2.05) is 0 Å². The standard InChI is InChI=1S/2C8H11.C2H7Ge.2ClH.Zr/c2*1-6-4-7(2)8(3)5-6;1-3-2;;;/h2*4-5H,1-3H3;3H,1-2H3;2*1H;/q2*-1;;;;+4/p-2. The average Bonchev–Trinajstić information content (AvgIpc) is 2.83. The van der Waals surface area contributed by atoms with Gasteiger partial charge >= 0.3 is 64.8 Å². The Morgan fingerprint density at radius 2 is 1.00 bits per heavy atom. The summed E-state index contributed by atoms with van der Waals surface area (Å²) in [6, 6.07) is 8.81. The fraction of sp³-hybridized carbons (Fsp3) is 0.444. The van der Waals surface area contributed by atoms with Gasteiger partial charge in [0.25, 0.3) is 0 Å². The normalized spacial score (nSPS) is 8.45. The van der Waals surface area contributed by atoms with E-state index in [1.165, 1.54) is 33.4 Å². The van der Waals surface area contributed by atoms with Crippen LogP contribution in [0.3, 0.4) is 0 Å². The number of hydrogen-bond acceptors (Lipinski definition) is 0. The first kappa shape index (κ1) is 25.0. The molecule has 2 aromatic rings. The molecule has 4 heteroatoms. The van der Waals surface area contributed by atoms with Crippen LogP contribution in [-0.4, -0.2) is 15.4 Å². The molecule has 0 saturated carbocycles. The Hall–Kier alpha value is 0.706. The molecule has 0 aliphatic heterocycles. The Bertz CT molecular complexity index is 416. The van der Waals surface area contributed by atoms with Crippen molar-refractivity contribution in [2.75, 3.05) is 0 Å². The summed E-state index contributed by atoms with van der Waals surface area (Å²) in [5, 5.41) is 0. The number of rotatable bonds is 0. The maximum atomic E-state index is 4.93. The second-order valence-electron chi connectivity index (χ2n) is 5.45. The molecule has 0 nitrogen and oxygen atoms in total. The second-order valence-corrected chi connectivity index (χ2v) is 11.6. The summed E-state index contributed by atoms with van der Waals surface area (Å²) in [6.07, 6.45) is 0. The molecular weight excluding hydrogens is 451 g/mol. The van der Waals surface area contributed by atoms with Crippen LogP contribution in [0.15, 0.2) is 24.3 Å². The molecule has 0 aliphatic carbocycles. The van der Waals surface area contributed by atoms with Gasteiger partial charge in [0.15, 0.2) is 0 Å². The van der Waals surface area contributed by atoms with Gasteiger partial charge in [0.1, 0.15) is 0 Å². The zero-order valence-electron chi connectivity index (χ0n) is 15.1. The van der Waals surface area contributed by atoms with E-state index in [0.717, 1.165) is 0 Å². The molecule has 0 bridgehead atoms. The summed E-state index contributed by atoms with van der Waals surface area (Å²) < 4.78 is 0. The van der Waals surface area contributed by atoms with Crippen LogP contribution in [0.2, 0.25) is 11.5 Å². The minimum absolute atomic E-state index is 0.312. The average molecular weight is 480 g/mol. The van der Waals surface area contributed by atoms with Crippen molar-refractivity contribution in [1.29, 1.82) is 0 Å². The Kier molecular flexibility index (Phi) is 17.3. The zero-order chi connectivity index (χ0) is 17.7. The molecule has 2 rings (SSSR count). The van der Waals surface area contributed by atoms with Crippen LogP contribution in [0.25, 0.3) is 0 Å². The Balaban J connectivity index is 0. The third-order valence-corrected chi connectivity index (χ3v) is 3.02. The van der Waals surface area contributed by atoms with Crippen LogP contribution >= 0.6 is 17.0 Å². The van der Waals surface area contributed by atoms with Crippen molar-refractivity contribution in [2.24, 2.45) is 0 Å². The van der Waals surface area contributed by atoms with Gasteiger partial charge in [0.05, 0.1) is 0 Å².